The summed E-state index contributed by atoms with van der Waals surface area (Å²) in [6.45, 7) is 11.9. The molecule has 0 fully saturated rings. The molecule has 1 rings (SSSR count). The Bertz CT molecular complexity index is 329. The minimum absolute atomic E-state index is 0.0409. The van der Waals surface area contributed by atoms with Gasteiger partial charge in [-0.15, -0.1) is 0 Å². The van der Waals surface area contributed by atoms with Gasteiger partial charge in [-0.1, -0.05) is 13.8 Å². The lowest BCUT2D eigenvalue weighted by atomic mass is 9.96. The lowest BCUT2D eigenvalue weighted by Gasteiger charge is -2.39. The van der Waals surface area contributed by atoms with Crippen molar-refractivity contribution < 1.29 is 0 Å². The summed E-state index contributed by atoms with van der Waals surface area (Å²) in [6, 6.07) is 0. The van der Waals surface area contributed by atoms with E-state index in [9.17, 15) is 0 Å². The van der Waals surface area contributed by atoms with Crippen molar-refractivity contribution in [3.63, 3.8) is 0 Å². The molecule has 1 heterocycles. The molecule has 0 aromatic carbocycles. The van der Waals surface area contributed by atoms with Crippen molar-refractivity contribution >= 4 is 0 Å². The highest BCUT2D eigenvalue weighted by molar-refractivity contribution is 4.91. The van der Waals surface area contributed by atoms with Gasteiger partial charge in [-0.3, -0.25) is 4.90 Å². The summed E-state index contributed by atoms with van der Waals surface area (Å²) < 4.78 is 1.94. The first-order valence-corrected chi connectivity index (χ1v) is 6.43. The van der Waals surface area contributed by atoms with Gasteiger partial charge in [0, 0.05) is 18.6 Å². The topological polar surface area (TPSA) is 60.0 Å². The molecule has 0 saturated carbocycles. The zero-order valence-electron chi connectivity index (χ0n) is 11.5. The molecule has 1 atom stereocenters. The maximum atomic E-state index is 5.91. The lowest BCUT2D eigenvalue weighted by Crippen LogP contribution is -2.51. The highest BCUT2D eigenvalue weighted by Crippen LogP contribution is 2.19. The summed E-state index contributed by atoms with van der Waals surface area (Å²) >= 11 is 0. The fourth-order valence-corrected chi connectivity index (χ4v) is 2.03. The van der Waals surface area contributed by atoms with Gasteiger partial charge >= 0.3 is 0 Å². The van der Waals surface area contributed by atoms with Gasteiger partial charge in [0.15, 0.2) is 0 Å². The normalized spacial score (nSPS) is 15.2. The first-order valence-electron chi connectivity index (χ1n) is 6.43. The number of hydrogen-bond donors (Lipinski definition) is 1. The zero-order valence-corrected chi connectivity index (χ0v) is 11.5. The second-order valence-corrected chi connectivity index (χ2v) is 4.56. The standard InChI is InChI=1S/C12H25N5/c1-5-12(4,9-13)16(6-2)8-11-14-10-15-17(11)7-3/h10H,5-9,13H2,1-4H3. The molecule has 0 spiro atoms. The van der Waals surface area contributed by atoms with Gasteiger partial charge in [-0.2, -0.15) is 5.10 Å². The molecule has 0 saturated heterocycles. The van der Waals surface area contributed by atoms with Crippen molar-refractivity contribution in [3.8, 4) is 0 Å². The highest BCUT2D eigenvalue weighted by atomic mass is 15.4. The molecular weight excluding hydrogens is 214 g/mol. The van der Waals surface area contributed by atoms with Crippen LogP contribution >= 0.6 is 0 Å². The predicted octanol–water partition coefficient (Wildman–Crippen LogP) is 1.25. The van der Waals surface area contributed by atoms with Crippen LogP contribution in [0.25, 0.3) is 0 Å². The highest BCUT2D eigenvalue weighted by Gasteiger charge is 2.28. The summed E-state index contributed by atoms with van der Waals surface area (Å²) in [5.74, 6) is 1.02. The zero-order chi connectivity index (χ0) is 12.9. The molecule has 5 nitrogen and oxygen atoms in total. The molecule has 0 aliphatic carbocycles. The number of rotatable bonds is 7. The smallest absolute Gasteiger partial charge is 0.141 e. The van der Waals surface area contributed by atoms with Gasteiger partial charge in [0.2, 0.25) is 0 Å². The molecule has 1 aromatic heterocycles. The summed E-state index contributed by atoms with van der Waals surface area (Å²) in [6.07, 6.45) is 2.66. The molecule has 0 bridgehead atoms. The molecule has 0 amide bonds. The molecule has 0 radical (unpaired) electrons. The maximum absolute atomic E-state index is 5.91. The summed E-state index contributed by atoms with van der Waals surface area (Å²) in [7, 11) is 0. The van der Waals surface area contributed by atoms with E-state index in [0.717, 1.165) is 31.9 Å². The minimum atomic E-state index is 0.0409. The van der Waals surface area contributed by atoms with Gasteiger partial charge in [0.25, 0.3) is 0 Å². The average Bonchev–Trinajstić information content (AvgIpc) is 2.82. The van der Waals surface area contributed by atoms with Crippen LogP contribution in [0.5, 0.6) is 0 Å². The second-order valence-electron chi connectivity index (χ2n) is 4.56. The van der Waals surface area contributed by atoms with Crippen LogP contribution in [-0.4, -0.2) is 38.3 Å². The molecule has 0 aliphatic rings. The fraction of sp³-hybridized carbons (Fsp3) is 0.833. The van der Waals surface area contributed by atoms with E-state index < -0.39 is 0 Å². The van der Waals surface area contributed by atoms with Crippen molar-refractivity contribution in [2.24, 2.45) is 5.73 Å². The quantitative estimate of drug-likeness (QED) is 0.778. The van der Waals surface area contributed by atoms with Gasteiger partial charge in [0.05, 0.1) is 6.54 Å². The van der Waals surface area contributed by atoms with E-state index in [-0.39, 0.29) is 5.54 Å². The van der Waals surface area contributed by atoms with E-state index in [0.29, 0.717) is 6.54 Å². The van der Waals surface area contributed by atoms with Crippen LogP contribution < -0.4 is 5.73 Å². The van der Waals surface area contributed by atoms with Crippen molar-refractivity contribution in [1.82, 2.24) is 19.7 Å². The molecule has 1 unspecified atom stereocenters. The van der Waals surface area contributed by atoms with Crippen LogP contribution in [0.4, 0.5) is 0 Å². The van der Waals surface area contributed by atoms with Crippen LogP contribution in [0.2, 0.25) is 0 Å². The Labute approximate surface area is 104 Å². The van der Waals surface area contributed by atoms with E-state index >= 15 is 0 Å². The van der Waals surface area contributed by atoms with Gasteiger partial charge in [0.1, 0.15) is 12.2 Å². The Morgan fingerprint density at radius 2 is 2.12 bits per heavy atom. The van der Waals surface area contributed by atoms with Crippen LogP contribution in [0.15, 0.2) is 6.33 Å². The van der Waals surface area contributed by atoms with Crippen molar-refractivity contribution in [2.45, 2.75) is 52.7 Å². The Hall–Kier alpha value is -0.940. The summed E-state index contributed by atoms with van der Waals surface area (Å²) in [4.78, 5) is 6.70. The molecular formula is C12H25N5. The van der Waals surface area contributed by atoms with E-state index in [1.807, 2.05) is 4.68 Å². The van der Waals surface area contributed by atoms with E-state index in [1.54, 1.807) is 6.33 Å². The first kappa shape index (κ1) is 14.1. The average molecular weight is 239 g/mol. The number of aryl methyl sites for hydroxylation is 1. The van der Waals surface area contributed by atoms with E-state index in [1.165, 1.54) is 0 Å². The molecule has 0 aliphatic heterocycles. The Morgan fingerprint density at radius 1 is 1.41 bits per heavy atom. The Morgan fingerprint density at radius 3 is 2.59 bits per heavy atom. The van der Waals surface area contributed by atoms with Gasteiger partial charge in [-0.25, -0.2) is 9.67 Å². The molecule has 1 aromatic rings. The number of nitrogens with zero attached hydrogens (tertiary/aromatic N) is 4. The van der Waals surface area contributed by atoms with Crippen LogP contribution in [0, 0.1) is 0 Å². The molecule has 98 valence electrons. The van der Waals surface area contributed by atoms with Crippen LogP contribution in [0.3, 0.4) is 0 Å². The largest absolute Gasteiger partial charge is 0.329 e. The lowest BCUT2D eigenvalue weighted by molar-refractivity contribution is 0.0993. The number of nitrogens with two attached hydrogens (primary N) is 1. The minimum Gasteiger partial charge on any atom is -0.329 e. The third-order valence-electron chi connectivity index (χ3n) is 3.67. The third kappa shape index (κ3) is 3.04. The first-order chi connectivity index (χ1) is 8.11. The molecule has 2 N–H and O–H groups in total. The van der Waals surface area contributed by atoms with Gasteiger partial charge < -0.3 is 5.73 Å². The van der Waals surface area contributed by atoms with Crippen LogP contribution in [0.1, 0.15) is 39.9 Å². The number of hydrogen-bond acceptors (Lipinski definition) is 4. The summed E-state index contributed by atoms with van der Waals surface area (Å²) in [5.41, 5.74) is 5.95. The monoisotopic (exact) mass is 239 g/mol. The summed E-state index contributed by atoms with van der Waals surface area (Å²) in [5, 5.41) is 4.20. The number of aromatic nitrogens is 3. The second kappa shape index (κ2) is 6.12. The van der Waals surface area contributed by atoms with Crippen molar-refractivity contribution in [3.05, 3.63) is 12.2 Å². The van der Waals surface area contributed by atoms with E-state index in [2.05, 4.69) is 42.7 Å². The fourth-order valence-electron chi connectivity index (χ4n) is 2.03. The van der Waals surface area contributed by atoms with E-state index in [4.69, 9.17) is 5.73 Å². The Balaban J connectivity index is 2.83. The SMILES string of the molecule is CCN(Cc1ncnn1CC)C(C)(CC)CN. The molecule has 5 heteroatoms. The Kier molecular flexibility index (Phi) is 5.08. The van der Waals surface area contributed by atoms with Crippen LogP contribution in [-0.2, 0) is 13.1 Å². The predicted molar refractivity (Wildman–Crippen MR) is 69.5 cm³/mol. The third-order valence-corrected chi connectivity index (χ3v) is 3.67. The maximum Gasteiger partial charge on any atom is 0.141 e. The van der Waals surface area contributed by atoms with Crippen molar-refractivity contribution in [1.29, 1.82) is 0 Å². The van der Waals surface area contributed by atoms with Gasteiger partial charge in [-0.05, 0) is 26.8 Å². The number of likely N-dealkylation sites (N-methyl/N-ethyl adjacent to an activating group) is 1. The molecule has 17 heavy (non-hydrogen) atoms. The van der Waals surface area contributed by atoms with Crippen molar-refractivity contribution in [2.75, 3.05) is 13.1 Å².